The van der Waals surface area contributed by atoms with Crippen LogP contribution in [0.2, 0.25) is 0 Å². The summed E-state index contributed by atoms with van der Waals surface area (Å²) in [7, 11) is 0. The third-order valence-electron chi connectivity index (χ3n) is 4.43. The molecule has 9 nitrogen and oxygen atoms in total. The van der Waals surface area contributed by atoms with Crippen molar-refractivity contribution in [1.82, 2.24) is 4.90 Å². The fraction of sp³-hybridized carbons (Fsp3) is 0.217. The topological polar surface area (TPSA) is 122 Å². The van der Waals surface area contributed by atoms with Crippen molar-refractivity contribution < 1.29 is 33.8 Å². The molecule has 0 bridgehead atoms. The number of hydrogen-bond acceptors (Lipinski definition) is 7. The van der Waals surface area contributed by atoms with Crippen molar-refractivity contribution in [2.75, 3.05) is 25.1 Å². The Labute approximate surface area is 194 Å². The molecule has 1 fully saturated rings. The van der Waals surface area contributed by atoms with Gasteiger partial charge < -0.3 is 19.9 Å². The van der Waals surface area contributed by atoms with Gasteiger partial charge in [0.1, 0.15) is 6.54 Å². The fourth-order valence-corrected chi connectivity index (χ4v) is 3.75. The number of aliphatic carboxylic acids is 1. The van der Waals surface area contributed by atoms with Gasteiger partial charge in [0.2, 0.25) is 5.91 Å². The van der Waals surface area contributed by atoms with E-state index in [0.717, 1.165) is 22.2 Å². The van der Waals surface area contributed by atoms with E-state index >= 15 is 0 Å². The molecule has 0 unspecified atom stereocenters. The van der Waals surface area contributed by atoms with E-state index in [-0.39, 0.29) is 10.7 Å². The van der Waals surface area contributed by atoms with Crippen molar-refractivity contribution >= 4 is 46.5 Å². The molecule has 0 atom stereocenters. The van der Waals surface area contributed by atoms with Crippen LogP contribution in [0, 0.1) is 6.92 Å². The maximum atomic E-state index is 12.7. The normalized spacial score (nSPS) is 14.5. The first-order chi connectivity index (χ1) is 15.8. The lowest BCUT2D eigenvalue weighted by Gasteiger charge is -2.13. The summed E-state index contributed by atoms with van der Waals surface area (Å²) in [4.78, 5) is 49.2. The van der Waals surface area contributed by atoms with Gasteiger partial charge in [-0.15, -0.1) is 0 Å². The number of rotatable bonds is 9. The highest BCUT2D eigenvalue weighted by Crippen LogP contribution is 2.34. The van der Waals surface area contributed by atoms with Crippen molar-refractivity contribution in [1.29, 1.82) is 0 Å². The van der Waals surface area contributed by atoms with E-state index in [4.69, 9.17) is 14.6 Å². The highest BCUT2D eigenvalue weighted by molar-refractivity contribution is 8.18. The SMILES string of the molecule is CCOc1cc(/C=C2\SC(=O)N(CC(=O)Nc3ccc(C)cc3)C2=O)ccc1OCC(=O)O. The van der Waals surface area contributed by atoms with Crippen LogP contribution in [0.15, 0.2) is 47.4 Å². The summed E-state index contributed by atoms with van der Waals surface area (Å²) >= 11 is 0.733. The van der Waals surface area contributed by atoms with Crippen LogP contribution >= 0.6 is 11.8 Å². The smallest absolute Gasteiger partial charge is 0.341 e. The third-order valence-corrected chi connectivity index (χ3v) is 5.33. The number of ether oxygens (including phenoxy) is 2. The predicted molar refractivity (Wildman–Crippen MR) is 123 cm³/mol. The molecule has 3 rings (SSSR count). The Morgan fingerprint density at radius 2 is 1.82 bits per heavy atom. The Bertz CT molecular complexity index is 1110. The number of carbonyl (C=O) groups is 4. The first-order valence-electron chi connectivity index (χ1n) is 10.00. The third kappa shape index (κ3) is 6.36. The number of thioether (sulfide) groups is 1. The highest BCUT2D eigenvalue weighted by atomic mass is 32.2. The minimum atomic E-state index is -1.12. The fourth-order valence-electron chi connectivity index (χ4n) is 2.91. The van der Waals surface area contributed by atoms with Gasteiger partial charge in [0.15, 0.2) is 18.1 Å². The molecule has 0 aromatic heterocycles. The predicted octanol–water partition coefficient (Wildman–Crippen LogP) is 3.53. The van der Waals surface area contributed by atoms with Gasteiger partial charge in [0.25, 0.3) is 11.1 Å². The van der Waals surface area contributed by atoms with Crippen molar-refractivity contribution in [2.24, 2.45) is 0 Å². The second-order valence-corrected chi connectivity index (χ2v) is 8.00. The van der Waals surface area contributed by atoms with E-state index in [1.807, 2.05) is 19.1 Å². The lowest BCUT2D eigenvalue weighted by Crippen LogP contribution is -2.36. The first-order valence-corrected chi connectivity index (χ1v) is 10.8. The van der Waals surface area contributed by atoms with Gasteiger partial charge in [-0.2, -0.15) is 0 Å². The summed E-state index contributed by atoms with van der Waals surface area (Å²) in [5.41, 5.74) is 2.16. The summed E-state index contributed by atoms with van der Waals surface area (Å²) in [6, 6.07) is 11.9. The Hall–Kier alpha value is -3.79. The average Bonchev–Trinajstić information content (AvgIpc) is 3.02. The molecule has 33 heavy (non-hydrogen) atoms. The number of amides is 3. The molecule has 1 aliphatic rings. The molecule has 0 saturated carbocycles. The van der Waals surface area contributed by atoms with Crippen LogP contribution < -0.4 is 14.8 Å². The maximum Gasteiger partial charge on any atom is 0.341 e. The average molecular weight is 471 g/mol. The quantitative estimate of drug-likeness (QED) is 0.534. The highest BCUT2D eigenvalue weighted by Gasteiger charge is 2.36. The van der Waals surface area contributed by atoms with Gasteiger partial charge in [-0.25, -0.2) is 4.79 Å². The number of aryl methyl sites for hydroxylation is 1. The number of carboxylic acids is 1. The lowest BCUT2D eigenvalue weighted by atomic mass is 10.2. The number of nitrogens with one attached hydrogen (secondary N) is 1. The summed E-state index contributed by atoms with van der Waals surface area (Å²) in [5, 5.41) is 10.9. The zero-order valence-electron chi connectivity index (χ0n) is 18.0. The van der Waals surface area contributed by atoms with Crippen molar-refractivity contribution in [3.63, 3.8) is 0 Å². The van der Waals surface area contributed by atoms with E-state index in [0.29, 0.717) is 23.6 Å². The van der Waals surface area contributed by atoms with Crippen molar-refractivity contribution in [3.05, 3.63) is 58.5 Å². The molecule has 2 N–H and O–H groups in total. The summed E-state index contributed by atoms with van der Waals surface area (Å²) in [6.07, 6.45) is 1.51. The minimum absolute atomic E-state index is 0.157. The number of carboxylic acid groups (broad SMARTS) is 1. The first kappa shape index (κ1) is 23.9. The Morgan fingerprint density at radius 1 is 1.09 bits per heavy atom. The number of imide groups is 1. The molecule has 2 aromatic rings. The van der Waals surface area contributed by atoms with Crippen LogP contribution in [-0.2, 0) is 14.4 Å². The monoisotopic (exact) mass is 470 g/mol. The lowest BCUT2D eigenvalue weighted by molar-refractivity contribution is -0.139. The van der Waals surface area contributed by atoms with E-state index in [1.54, 1.807) is 31.2 Å². The van der Waals surface area contributed by atoms with Crippen LogP contribution in [0.5, 0.6) is 11.5 Å². The molecule has 0 aliphatic carbocycles. The molecule has 1 aliphatic heterocycles. The van der Waals surface area contributed by atoms with Gasteiger partial charge >= 0.3 is 5.97 Å². The van der Waals surface area contributed by atoms with Crippen LogP contribution in [0.3, 0.4) is 0 Å². The second kappa shape index (κ2) is 10.7. The molecule has 10 heteroatoms. The number of benzene rings is 2. The van der Waals surface area contributed by atoms with E-state index < -0.39 is 36.2 Å². The molecular formula is C23H22N2O7S. The Balaban J connectivity index is 1.71. The minimum Gasteiger partial charge on any atom is -0.490 e. The number of anilines is 1. The van der Waals surface area contributed by atoms with Gasteiger partial charge in [-0.05, 0) is 61.5 Å². The second-order valence-electron chi connectivity index (χ2n) is 7.00. The summed E-state index contributed by atoms with van der Waals surface area (Å²) < 4.78 is 10.7. The molecule has 0 radical (unpaired) electrons. The van der Waals surface area contributed by atoms with Gasteiger partial charge in [-0.1, -0.05) is 23.8 Å². The maximum absolute atomic E-state index is 12.7. The van der Waals surface area contributed by atoms with Crippen molar-refractivity contribution in [3.8, 4) is 11.5 Å². The summed E-state index contributed by atoms with van der Waals surface area (Å²) in [5.74, 6) is -1.63. The zero-order chi connectivity index (χ0) is 24.0. The van der Waals surface area contributed by atoms with Crippen LogP contribution in [-0.4, -0.2) is 52.8 Å². The molecule has 1 saturated heterocycles. The van der Waals surface area contributed by atoms with Crippen LogP contribution in [0.1, 0.15) is 18.1 Å². The molecule has 0 spiro atoms. The van der Waals surface area contributed by atoms with E-state index in [1.165, 1.54) is 12.1 Å². The van der Waals surface area contributed by atoms with Crippen LogP contribution in [0.4, 0.5) is 10.5 Å². The molecule has 3 amide bonds. The van der Waals surface area contributed by atoms with Crippen molar-refractivity contribution in [2.45, 2.75) is 13.8 Å². The zero-order valence-corrected chi connectivity index (χ0v) is 18.8. The van der Waals surface area contributed by atoms with Gasteiger partial charge in [0.05, 0.1) is 11.5 Å². The Kier molecular flexibility index (Phi) is 7.73. The largest absolute Gasteiger partial charge is 0.490 e. The van der Waals surface area contributed by atoms with E-state index in [2.05, 4.69) is 5.32 Å². The molecular weight excluding hydrogens is 448 g/mol. The number of nitrogens with zero attached hydrogens (tertiary/aromatic N) is 1. The number of carbonyl (C=O) groups excluding carboxylic acids is 3. The van der Waals surface area contributed by atoms with Gasteiger partial charge in [-0.3, -0.25) is 19.3 Å². The standard InChI is InChI=1S/C23H22N2O7S/c1-3-31-18-10-15(6-9-17(18)32-13-21(27)28)11-19-22(29)25(23(30)33-19)12-20(26)24-16-7-4-14(2)5-8-16/h4-11H,3,12-13H2,1-2H3,(H,24,26)(H,27,28)/b19-11-. The number of hydrogen-bond donors (Lipinski definition) is 2. The molecule has 2 aromatic carbocycles. The Morgan fingerprint density at radius 3 is 2.48 bits per heavy atom. The van der Waals surface area contributed by atoms with Gasteiger partial charge in [0, 0.05) is 5.69 Å². The summed E-state index contributed by atoms with van der Waals surface area (Å²) in [6.45, 7) is 3.08. The molecule has 172 valence electrons. The van der Waals surface area contributed by atoms with Crippen LogP contribution in [0.25, 0.3) is 6.08 Å². The molecule has 1 heterocycles. The van der Waals surface area contributed by atoms with E-state index in [9.17, 15) is 19.2 Å².